The molecule has 0 aromatic rings. The topological polar surface area (TPSA) is 139 Å². The van der Waals surface area contributed by atoms with Gasteiger partial charge in [-0.15, -0.1) is 0 Å². The monoisotopic (exact) mass is 865 g/mol. The molecule has 0 atom stereocenters. The van der Waals surface area contributed by atoms with Crippen molar-refractivity contribution in [2.45, 2.75) is 253 Å². The van der Waals surface area contributed by atoms with Gasteiger partial charge in [-0.1, -0.05) is 181 Å². The van der Waals surface area contributed by atoms with E-state index in [1.54, 1.807) is 4.90 Å². The van der Waals surface area contributed by atoms with E-state index in [-0.39, 0.29) is 37.9 Å². The van der Waals surface area contributed by atoms with Crippen molar-refractivity contribution in [2.75, 3.05) is 45.8 Å². The van der Waals surface area contributed by atoms with Crippen molar-refractivity contribution >= 4 is 24.1 Å². The molecule has 61 heavy (non-hydrogen) atoms. The van der Waals surface area contributed by atoms with Crippen LogP contribution in [-0.2, 0) is 14.3 Å². The first kappa shape index (κ1) is 58.3. The zero-order chi connectivity index (χ0) is 45.5. The lowest BCUT2D eigenvalue weighted by molar-refractivity contribution is -0.131. The summed E-state index contributed by atoms with van der Waals surface area (Å²) in [7, 11) is 0. The highest BCUT2D eigenvalue weighted by molar-refractivity contribution is 5.80. The molecule has 0 unspecified atom stereocenters. The van der Waals surface area contributed by atoms with Crippen LogP contribution in [0.1, 0.15) is 242 Å². The Morgan fingerprint density at radius 3 is 1.05 bits per heavy atom. The molecule has 0 saturated heterocycles. The van der Waals surface area contributed by atoms with Crippen molar-refractivity contribution in [3.63, 3.8) is 0 Å². The van der Waals surface area contributed by atoms with Gasteiger partial charge in [-0.2, -0.15) is 0 Å². The highest BCUT2D eigenvalue weighted by Gasteiger charge is 2.19. The third kappa shape index (κ3) is 41.1. The molecule has 0 heterocycles. The minimum atomic E-state index is -0.610. The van der Waals surface area contributed by atoms with Gasteiger partial charge in [-0.25, -0.2) is 9.59 Å². The van der Waals surface area contributed by atoms with Crippen molar-refractivity contribution in [3.05, 3.63) is 0 Å². The van der Waals surface area contributed by atoms with Gasteiger partial charge in [0.25, 0.3) is 0 Å². The molecule has 11 nitrogen and oxygen atoms in total. The summed E-state index contributed by atoms with van der Waals surface area (Å²) < 4.78 is 10.7. The molecule has 0 saturated carbocycles. The highest BCUT2D eigenvalue weighted by atomic mass is 16.6. The molecule has 360 valence electrons. The van der Waals surface area contributed by atoms with E-state index in [1.807, 2.05) is 41.5 Å². The van der Waals surface area contributed by atoms with Gasteiger partial charge in [-0.05, 0) is 54.4 Å². The van der Waals surface area contributed by atoms with E-state index >= 15 is 0 Å². The molecule has 3 amide bonds. The second kappa shape index (κ2) is 38.9. The normalized spacial score (nSPS) is 12.0. The predicted molar refractivity (Wildman–Crippen MR) is 258 cm³/mol. The summed E-state index contributed by atoms with van der Waals surface area (Å²) in [6, 6.07) is 0. The van der Waals surface area contributed by atoms with E-state index in [9.17, 15) is 14.4 Å². The van der Waals surface area contributed by atoms with Crippen molar-refractivity contribution in [3.8, 4) is 0 Å². The van der Waals surface area contributed by atoms with E-state index in [2.05, 4.69) is 34.4 Å². The summed E-state index contributed by atoms with van der Waals surface area (Å²) in [4.78, 5) is 46.6. The molecule has 4 N–H and O–H groups in total. The highest BCUT2D eigenvalue weighted by Crippen LogP contribution is 2.16. The molecule has 0 aliphatic heterocycles. The number of hydrogen-bond acceptors (Lipinski definition) is 6. The number of rotatable bonds is 39. The van der Waals surface area contributed by atoms with Gasteiger partial charge < -0.3 is 35.6 Å². The maximum Gasteiger partial charge on any atom is 0.407 e. The minimum Gasteiger partial charge on any atom is -0.444 e. The lowest BCUT2D eigenvalue weighted by Gasteiger charge is -2.26. The average molecular weight is 865 g/mol. The number of alkyl carbamates (subject to hydrolysis) is 2. The smallest absolute Gasteiger partial charge is 0.407 e. The molecule has 0 bridgehead atoms. The van der Waals surface area contributed by atoms with E-state index in [4.69, 9.17) is 15.2 Å². The first-order valence-electron chi connectivity index (χ1n) is 25.4. The molecule has 0 aliphatic carbocycles. The summed E-state index contributed by atoms with van der Waals surface area (Å²) in [6.45, 7) is 18.5. The maximum atomic E-state index is 13.6. The lowest BCUT2D eigenvalue weighted by atomic mass is 10.0. The third-order valence-electron chi connectivity index (χ3n) is 10.9. The Morgan fingerprint density at radius 2 is 0.754 bits per heavy atom. The van der Waals surface area contributed by atoms with E-state index in [1.165, 1.54) is 154 Å². The average Bonchev–Trinajstić information content (AvgIpc) is 3.18. The quantitative estimate of drug-likeness (QED) is 0.0318. The molecule has 0 rings (SSSR count). The number of guanidine groups is 1. The van der Waals surface area contributed by atoms with Gasteiger partial charge >= 0.3 is 12.2 Å². The first-order valence-corrected chi connectivity index (χ1v) is 25.4. The van der Waals surface area contributed by atoms with Crippen LogP contribution < -0.4 is 16.4 Å². The molecular weight excluding hydrogens is 765 g/mol. The molecular formula is C50H100N6O5. The summed E-state index contributed by atoms with van der Waals surface area (Å²) in [6.07, 6.45) is 36.1. The van der Waals surface area contributed by atoms with Gasteiger partial charge in [-0.3, -0.25) is 9.79 Å². The van der Waals surface area contributed by atoms with Crippen LogP contribution in [0, 0.1) is 0 Å². The number of carbonyl (C=O) groups is 3. The molecule has 0 spiro atoms. The second-order valence-corrected chi connectivity index (χ2v) is 19.4. The van der Waals surface area contributed by atoms with Crippen LogP contribution in [-0.4, -0.2) is 90.9 Å². The Balaban J connectivity index is 5.04. The van der Waals surface area contributed by atoms with Crippen molar-refractivity contribution < 1.29 is 23.9 Å². The van der Waals surface area contributed by atoms with Gasteiger partial charge in [0.2, 0.25) is 5.91 Å². The fraction of sp³-hybridized carbons (Fsp3) is 0.920. The van der Waals surface area contributed by atoms with Gasteiger partial charge in [0.15, 0.2) is 5.96 Å². The molecule has 0 radical (unpaired) electrons. The number of hydrogen-bond donors (Lipinski definition) is 3. The Hall–Kier alpha value is -2.72. The van der Waals surface area contributed by atoms with Crippen LogP contribution >= 0.6 is 0 Å². The Bertz CT molecular complexity index is 1020. The van der Waals surface area contributed by atoms with Crippen LogP contribution in [0.5, 0.6) is 0 Å². The maximum absolute atomic E-state index is 13.6. The zero-order valence-corrected chi connectivity index (χ0v) is 41.4. The molecule has 0 aromatic carbocycles. The minimum absolute atomic E-state index is 0.130. The number of carbonyl (C=O) groups excluding carboxylic acids is 3. The number of ether oxygens (including phenoxy) is 2. The predicted octanol–water partition coefficient (Wildman–Crippen LogP) is 12.8. The Kier molecular flexibility index (Phi) is 37.2. The number of unbranched alkanes of at least 4 members (excludes halogenated alkanes) is 26. The zero-order valence-electron chi connectivity index (χ0n) is 41.4. The van der Waals surface area contributed by atoms with Crippen LogP contribution in [0.3, 0.4) is 0 Å². The van der Waals surface area contributed by atoms with Crippen molar-refractivity contribution in [1.82, 2.24) is 20.4 Å². The van der Waals surface area contributed by atoms with Crippen LogP contribution in [0.2, 0.25) is 0 Å². The first-order chi connectivity index (χ1) is 29.2. The summed E-state index contributed by atoms with van der Waals surface area (Å²) >= 11 is 0. The van der Waals surface area contributed by atoms with Gasteiger partial charge in [0, 0.05) is 45.7 Å². The molecule has 11 heteroatoms. The lowest BCUT2D eigenvalue weighted by Crippen LogP contribution is -2.47. The number of aliphatic imine (C=N–C) groups is 1. The van der Waals surface area contributed by atoms with E-state index in [0.717, 1.165) is 38.8 Å². The van der Waals surface area contributed by atoms with E-state index < -0.39 is 23.4 Å². The van der Waals surface area contributed by atoms with Crippen molar-refractivity contribution in [1.29, 1.82) is 0 Å². The van der Waals surface area contributed by atoms with Gasteiger partial charge in [0.05, 0.1) is 6.54 Å². The second-order valence-electron chi connectivity index (χ2n) is 19.4. The molecule has 0 aliphatic rings. The number of nitrogens with two attached hydrogens (primary N) is 1. The SMILES string of the molecule is CCCCCCCCCCCCCCCCN(CCCCCCCCCCCCCCCC)C(=O)CCN=C(N)N(CCNC(=O)OC(C)(C)C)CCNC(=O)OC(C)(C)C. The van der Waals surface area contributed by atoms with Gasteiger partial charge in [0.1, 0.15) is 11.2 Å². The Labute approximate surface area is 376 Å². The molecule has 0 fully saturated rings. The summed E-state index contributed by atoms with van der Waals surface area (Å²) in [5.41, 5.74) is 5.25. The standard InChI is InChI=1S/C50H100N6O5/c1-9-11-13-15-17-19-21-23-25-27-29-31-33-35-41-55(42-36-34-32-30-28-26-24-22-20-18-16-14-12-10-2)45(57)37-38-52-46(51)56(43-39-53-47(58)60-49(3,4)5)44-40-54-48(59)61-50(6,7)8/h9-44H2,1-8H3,(H2,51,52)(H,53,58)(H,54,59). The van der Waals surface area contributed by atoms with Crippen LogP contribution in [0.25, 0.3) is 0 Å². The van der Waals surface area contributed by atoms with Crippen molar-refractivity contribution in [2.24, 2.45) is 10.7 Å². The fourth-order valence-electron chi connectivity index (χ4n) is 7.43. The largest absolute Gasteiger partial charge is 0.444 e. The number of nitrogens with zero attached hydrogens (tertiary/aromatic N) is 3. The van der Waals surface area contributed by atoms with Crippen LogP contribution in [0.4, 0.5) is 9.59 Å². The number of amides is 3. The fourth-order valence-corrected chi connectivity index (χ4v) is 7.43. The number of nitrogens with one attached hydrogen (secondary N) is 2. The summed E-state index contributed by atoms with van der Waals surface area (Å²) in [5.74, 6) is 0.390. The third-order valence-corrected chi connectivity index (χ3v) is 10.9. The van der Waals surface area contributed by atoms with Crippen LogP contribution in [0.15, 0.2) is 4.99 Å². The molecule has 0 aromatic heterocycles. The van der Waals surface area contributed by atoms with E-state index in [0.29, 0.717) is 13.1 Å². The Morgan fingerprint density at radius 1 is 0.459 bits per heavy atom. The summed E-state index contributed by atoms with van der Waals surface area (Å²) in [5, 5.41) is 5.53.